The lowest BCUT2D eigenvalue weighted by Gasteiger charge is -2.07. The number of anilines is 2. The first-order chi connectivity index (χ1) is 9.77. The Morgan fingerprint density at radius 3 is 2.52 bits per heavy atom. The van der Waals surface area contributed by atoms with Gasteiger partial charge in [0.15, 0.2) is 15.0 Å². The molecule has 0 fully saturated rings. The molecule has 2 rings (SSSR count). The number of thiazole rings is 1. The number of sulfone groups is 1. The first-order valence-corrected chi connectivity index (χ1v) is 8.92. The summed E-state index contributed by atoms with van der Waals surface area (Å²) in [4.78, 5) is 16.1. The third-order valence-electron chi connectivity index (χ3n) is 2.95. The lowest BCUT2D eigenvalue weighted by atomic mass is 10.1. The molecule has 1 aromatic carbocycles. The Hall–Kier alpha value is -1.93. The summed E-state index contributed by atoms with van der Waals surface area (Å²) in [6.45, 7) is 1.35. The van der Waals surface area contributed by atoms with Gasteiger partial charge in [-0.05, 0) is 19.1 Å². The zero-order valence-corrected chi connectivity index (χ0v) is 13.2. The van der Waals surface area contributed by atoms with E-state index in [-0.39, 0.29) is 0 Å². The van der Waals surface area contributed by atoms with E-state index in [0.29, 0.717) is 16.5 Å². The summed E-state index contributed by atoms with van der Waals surface area (Å²) in [7, 11) is -3.42. The molecule has 21 heavy (non-hydrogen) atoms. The minimum atomic E-state index is -3.42. The van der Waals surface area contributed by atoms with Crippen molar-refractivity contribution in [2.24, 2.45) is 0 Å². The zero-order valence-electron chi connectivity index (χ0n) is 11.5. The Bertz CT molecular complexity index is 751. The number of rotatable bonds is 4. The Kier molecular flexibility index (Phi) is 4.29. The maximum Gasteiger partial charge on any atom is 0.244 e. The van der Waals surface area contributed by atoms with E-state index in [0.717, 1.165) is 11.8 Å². The van der Waals surface area contributed by atoms with Gasteiger partial charge >= 0.3 is 0 Å². The van der Waals surface area contributed by atoms with Gasteiger partial charge in [0.1, 0.15) is 5.25 Å². The third kappa shape index (κ3) is 3.79. The number of amides is 1. The Morgan fingerprint density at radius 2 is 1.95 bits per heavy atom. The second-order valence-corrected chi connectivity index (χ2v) is 7.85. The SMILES string of the molecule is CC(C(=O)Nc1nc(-c2ccc(N)cc2)cs1)S(C)(=O)=O. The fraction of sp³-hybridized carbons (Fsp3) is 0.231. The molecule has 1 amide bonds. The van der Waals surface area contributed by atoms with Crippen LogP contribution in [0.4, 0.5) is 10.8 Å². The number of aromatic nitrogens is 1. The van der Waals surface area contributed by atoms with Crippen LogP contribution in [0.3, 0.4) is 0 Å². The summed E-state index contributed by atoms with van der Waals surface area (Å²) >= 11 is 1.24. The summed E-state index contributed by atoms with van der Waals surface area (Å²) in [5, 5.41) is 3.55. The summed E-state index contributed by atoms with van der Waals surface area (Å²) < 4.78 is 22.7. The van der Waals surface area contributed by atoms with E-state index < -0.39 is 21.0 Å². The lowest BCUT2D eigenvalue weighted by Crippen LogP contribution is -2.31. The molecule has 3 N–H and O–H groups in total. The monoisotopic (exact) mass is 325 g/mol. The molecule has 8 heteroatoms. The van der Waals surface area contributed by atoms with Gasteiger partial charge in [0, 0.05) is 22.9 Å². The van der Waals surface area contributed by atoms with Crippen LogP contribution in [0.2, 0.25) is 0 Å². The number of nitrogens with zero attached hydrogens (tertiary/aromatic N) is 1. The number of hydrogen-bond donors (Lipinski definition) is 2. The summed E-state index contributed by atoms with van der Waals surface area (Å²) in [6.07, 6.45) is 1.03. The van der Waals surface area contributed by atoms with Crippen LogP contribution in [-0.2, 0) is 14.6 Å². The molecule has 1 atom stereocenters. The van der Waals surface area contributed by atoms with E-state index in [2.05, 4.69) is 10.3 Å². The molecule has 1 aromatic heterocycles. The fourth-order valence-electron chi connectivity index (χ4n) is 1.52. The van der Waals surface area contributed by atoms with Gasteiger partial charge in [-0.1, -0.05) is 12.1 Å². The van der Waals surface area contributed by atoms with E-state index in [1.54, 1.807) is 17.5 Å². The van der Waals surface area contributed by atoms with Gasteiger partial charge in [0.05, 0.1) is 5.69 Å². The molecule has 1 heterocycles. The molecule has 0 aliphatic rings. The van der Waals surface area contributed by atoms with Gasteiger partial charge in [-0.2, -0.15) is 0 Å². The maximum absolute atomic E-state index is 11.8. The van der Waals surface area contributed by atoms with Gasteiger partial charge in [0.2, 0.25) is 5.91 Å². The number of carbonyl (C=O) groups excluding carboxylic acids is 1. The van der Waals surface area contributed by atoms with Gasteiger partial charge in [-0.3, -0.25) is 4.79 Å². The molecular formula is C13H15N3O3S2. The van der Waals surface area contributed by atoms with Crippen LogP contribution in [0.25, 0.3) is 11.3 Å². The van der Waals surface area contributed by atoms with Crippen molar-refractivity contribution in [3.8, 4) is 11.3 Å². The van der Waals surface area contributed by atoms with Crippen molar-refractivity contribution in [1.29, 1.82) is 0 Å². The average molecular weight is 325 g/mol. The van der Waals surface area contributed by atoms with Crippen molar-refractivity contribution in [2.75, 3.05) is 17.3 Å². The maximum atomic E-state index is 11.8. The predicted molar refractivity (Wildman–Crippen MR) is 84.9 cm³/mol. The van der Waals surface area contributed by atoms with Gasteiger partial charge in [0.25, 0.3) is 0 Å². The van der Waals surface area contributed by atoms with Crippen LogP contribution in [-0.4, -0.2) is 30.8 Å². The largest absolute Gasteiger partial charge is 0.399 e. The Labute approximate surface area is 126 Å². The summed E-state index contributed by atoms with van der Waals surface area (Å²) in [6, 6.07) is 7.18. The van der Waals surface area contributed by atoms with Gasteiger partial charge in [-0.15, -0.1) is 11.3 Å². The Balaban J connectivity index is 2.14. The van der Waals surface area contributed by atoms with Crippen LogP contribution >= 0.6 is 11.3 Å². The molecule has 0 saturated carbocycles. The Morgan fingerprint density at radius 1 is 1.33 bits per heavy atom. The van der Waals surface area contributed by atoms with Gasteiger partial charge in [-0.25, -0.2) is 13.4 Å². The smallest absolute Gasteiger partial charge is 0.244 e. The highest BCUT2D eigenvalue weighted by atomic mass is 32.2. The van der Waals surface area contributed by atoms with Crippen LogP contribution in [0.1, 0.15) is 6.92 Å². The number of hydrogen-bond acceptors (Lipinski definition) is 6. The van der Waals surface area contributed by atoms with E-state index in [9.17, 15) is 13.2 Å². The first-order valence-electron chi connectivity index (χ1n) is 6.08. The number of benzene rings is 1. The van der Waals surface area contributed by atoms with Crippen LogP contribution in [0.15, 0.2) is 29.6 Å². The lowest BCUT2D eigenvalue weighted by molar-refractivity contribution is -0.115. The van der Waals surface area contributed by atoms with Crippen molar-refractivity contribution in [3.63, 3.8) is 0 Å². The molecule has 1 unspecified atom stereocenters. The van der Waals surface area contributed by atoms with Crippen molar-refractivity contribution >= 4 is 37.9 Å². The van der Waals surface area contributed by atoms with Crippen LogP contribution < -0.4 is 11.1 Å². The zero-order chi connectivity index (χ0) is 15.6. The highest BCUT2D eigenvalue weighted by molar-refractivity contribution is 7.92. The average Bonchev–Trinajstić information content (AvgIpc) is 2.86. The second kappa shape index (κ2) is 5.82. The highest BCUT2D eigenvalue weighted by Crippen LogP contribution is 2.25. The van der Waals surface area contributed by atoms with E-state index >= 15 is 0 Å². The van der Waals surface area contributed by atoms with Crippen molar-refractivity contribution in [3.05, 3.63) is 29.6 Å². The molecule has 0 radical (unpaired) electrons. The summed E-state index contributed by atoms with van der Waals surface area (Å²) in [5.41, 5.74) is 7.84. The van der Waals surface area contributed by atoms with Crippen molar-refractivity contribution < 1.29 is 13.2 Å². The molecule has 6 nitrogen and oxygen atoms in total. The first kappa shape index (κ1) is 15.5. The standard InChI is InChI=1S/C13H15N3O3S2/c1-8(21(2,18)19)12(17)16-13-15-11(7-20-13)9-3-5-10(14)6-4-9/h3-8H,14H2,1-2H3,(H,15,16,17). The number of nitrogens with two attached hydrogens (primary N) is 1. The normalized spacial score (nSPS) is 12.9. The van der Waals surface area contributed by atoms with Crippen molar-refractivity contribution in [1.82, 2.24) is 4.98 Å². The van der Waals surface area contributed by atoms with Gasteiger partial charge < -0.3 is 11.1 Å². The topological polar surface area (TPSA) is 102 Å². The molecule has 0 spiro atoms. The molecule has 0 bridgehead atoms. The van der Waals surface area contributed by atoms with E-state index in [4.69, 9.17) is 5.73 Å². The van der Waals surface area contributed by atoms with Crippen LogP contribution in [0, 0.1) is 0 Å². The van der Waals surface area contributed by atoms with E-state index in [1.165, 1.54) is 18.3 Å². The molecule has 2 aromatic rings. The predicted octanol–water partition coefficient (Wildman–Crippen LogP) is 1.76. The number of nitrogens with one attached hydrogen (secondary N) is 1. The van der Waals surface area contributed by atoms with Crippen LogP contribution in [0.5, 0.6) is 0 Å². The number of carbonyl (C=O) groups is 1. The fourth-order valence-corrected chi connectivity index (χ4v) is 2.69. The molecular weight excluding hydrogens is 310 g/mol. The minimum absolute atomic E-state index is 0.363. The van der Waals surface area contributed by atoms with E-state index in [1.807, 2.05) is 12.1 Å². The van der Waals surface area contributed by atoms with Crippen molar-refractivity contribution in [2.45, 2.75) is 12.2 Å². The minimum Gasteiger partial charge on any atom is -0.399 e. The number of nitrogen functional groups attached to an aromatic ring is 1. The molecule has 0 aliphatic heterocycles. The highest BCUT2D eigenvalue weighted by Gasteiger charge is 2.24. The third-order valence-corrected chi connectivity index (χ3v) is 5.21. The molecule has 112 valence electrons. The molecule has 0 saturated heterocycles. The molecule has 0 aliphatic carbocycles. The second-order valence-electron chi connectivity index (χ2n) is 4.62. The summed E-state index contributed by atoms with van der Waals surface area (Å²) in [5.74, 6) is -0.587. The quantitative estimate of drug-likeness (QED) is 0.834.